The maximum Gasteiger partial charge on any atom is 0.227 e. The number of hydrogen-bond acceptors (Lipinski definition) is 4. The fourth-order valence-corrected chi connectivity index (χ4v) is 5.06. The molecule has 0 bridgehead atoms. The van der Waals surface area contributed by atoms with Crippen LogP contribution in [0.2, 0.25) is 0 Å². The first-order valence-electron chi connectivity index (χ1n) is 11.0. The number of nitrogens with zero attached hydrogens (tertiary/aromatic N) is 2. The molecule has 3 aliphatic rings. The van der Waals surface area contributed by atoms with E-state index in [1.807, 2.05) is 29.2 Å². The first kappa shape index (κ1) is 19.3. The van der Waals surface area contributed by atoms with Gasteiger partial charge in [0.2, 0.25) is 5.91 Å². The van der Waals surface area contributed by atoms with Crippen molar-refractivity contribution in [3.8, 4) is 5.75 Å². The highest BCUT2D eigenvalue weighted by atomic mass is 16.5. The van der Waals surface area contributed by atoms with Gasteiger partial charge in [-0.2, -0.15) is 0 Å². The Morgan fingerprint density at radius 2 is 1.73 bits per heavy atom. The van der Waals surface area contributed by atoms with Crippen molar-refractivity contribution in [2.45, 2.75) is 50.7 Å². The summed E-state index contributed by atoms with van der Waals surface area (Å²) in [5, 5.41) is 0. The van der Waals surface area contributed by atoms with Gasteiger partial charge in [-0.05, 0) is 55.6 Å². The molecule has 1 spiro atoms. The lowest BCUT2D eigenvalue weighted by Crippen LogP contribution is -2.42. The van der Waals surface area contributed by atoms with Crippen LogP contribution in [0.25, 0.3) is 0 Å². The largest absolute Gasteiger partial charge is 0.486 e. The summed E-state index contributed by atoms with van der Waals surface area (Å²) in [5.41, 5.74) is 2.62. The Morgan fingerprint density at radius 1 is 0.900 bits per heavy atom. The third-order valence-electron chi connectivity index (χ3n) is 6.71. The Kier molecular flexibility index (Phi) is 5.07. The first-order chi connectivity index (χ1) is 14.6. The van der Waals surface area contributed by atoms with Crippen LogP contribution in [-0.4, -0.2) is 41.8 Å². The number of fused-ring (bicyclic) bond motifs is 1. The minimum absolute atomic E-state index is 0.206. The van der Waals surface area contributed by atoms with Gasteiger partial charge in [-0.15, -0.1) is 0 Å². The molecule has 0 aromatic heterocycles. The Labute approximate surface area is 177 Å². The van der Waals surface area contributed by atoms with Gasteiger partial charge in [0.05, 0.1) is 12.0 Å². The summed E-state index contributed by atoms with van der Waals surface area (Å²) in [4.78, 5) is 29.0. The third-order valence-corrected chi connectivity index (χ3v) is 6.71. The van der Waals surface area contributed by atoms with Crippen LogP contribution in [0.1, 0.15) is 54.4 Å². The number of carbonyl (C=O) groups excluding carboxylic acids is 2. The molecular formula is C25H28N2O3. The second-order valence-corrected chi connectivity index (χ2v) is 8.83. The quantitative estimate of drug-likeness (QED) is 0.769. The molecule has 2 aromatic rings. The second-order valence-electron chi connectivity index (χ2n) is 8.83. The van der Waals surface area contributed by atoms with E-state index in [9.17, 15) is 9.59 Å². The van der Waals surface area contributed by atoms with Crippen LogP contribution >= 0.6 is 0 Å². The summed E-state index contributed by atoms with van der Waals surface area (Å²) in [6.07, 6.45) is 4.90. The van der Waals surface area contributed by atoms with Crippen LogP contribution < -0.4 is 9.64 Å². The number of likely N-dealkylation sites (tertiary alicyclic amines) is 1. The van der Waals surface area contributed by atoms with E-state index in [4.69, 9.17) is 4.74 Å². The summed E-state index contributed by atoms with van der Waals surface area (Å²) < 4.78 is 6.41. The molecule has 3 heterocycles. The molecule has 5 rings (SSSR count). The van der Waals surface area contributed by atoms with Gasteiger partial charge >= 0.3 is 0 Å². The minimum atomic E-state index is -0.361. The van der Waals surface area contributed by atoms with E-state index in [-0.39, 0.29) is 17.3 Å². The molecular weight excluding hydrogens is 376 g/mol. The molecule has 0 aliphatic carbocycles. The Balaban J connectivity index is 1.23. The average molecular weight is 405 g/mol. The second kappa shape index (κ2) is 7.88. The number of amides is 1. The highest BCUT2D eigenvalue weighted by Gasteiger charge is 2.41. The summed E-state index contributed by atoms with van der Waals surface area (Å²) in [6.45, 7) is 3.64. The first-order valence-corrected chi connectivity index (χ1v) is 11.0. The minimum Gasteiger partial charge on any atom is -0.486 e. The molecule has 2 saturated heterocycles. The molecule has 1 atom stereocenters. The predicted octanol–water partition coefficient (Wildman–Crippen LogP) is 4.20. The molecule has 5 nitrogen and oxygen atoms in total. The fraction of sp³-hybridized carbons (Fsp3) is 0.440. The smallest absolute Gasteiger partial charge is 0.227 e. The van der Waals surface area contributed by atoms with E-state index < -0.39 is 0 Å². The number of ether oxygens (including phenoxy) is 1. The van der Waals surface area contributed by atoms with Gasteiger partial charge in [0, 0.05) is 38.2 Å². The zero-order valence-corrected chi connectivity index (χ0v) is 17.3. The van der Waals surface area contributed by atoms with Crippen LogP contribution in [-0.2, 0) is 11.3 Å². The molecule has 1 amide bonds. The predicted molar refractivity (Wildman–Crippen MR) is 116 cm³/mol. The lowest BCUT2D eigenvalue weighted by Gasteiger charge is -2.37. The Hall–Kier alpha value is -2.66. The summed E-state index contributed by atoms with van der Waals surface area (Å²) in [7, 11) is 0. The SMILES string of the molecule is O=C1CC2(CCCN(Cc3ccc(N4CCCC4=O)cc3)CC2)Oc2ccccc21. The van der Waals surface area contributed by atoms with E-state index >= 15 is 0 Å². The van der Waals surface area contributed by atoms with Crippen molar-refractivity contribution in [2.75, 3.05) is 24.5 Å². The summed E-state index contributed by atoms with van der Waals surface area (Å²) in [5.74, 6) is 1.18. The molecule has 0 radical (unpaired) electrons. The number of rotatable bonds is 3. The molecule has 2 aromatic carbocycles. The highest BCUT2D eigenvalue weighted by Crippen LogP contribution is 2.39. The van der Waals surface area contributed by atoms with E-state index in [1.54, 1.807) is 0 Å². The maximum absolute atomic E-state index is 12.7. The molecule has 0 N–H and O–H groups in total. The standard InChI is InChI=1S/C25H28N2O3/c28-22-17-25(30-23-6-2-1-5-21(22)23)12-4-14-26(16-13-25)18-19-8-10-20(11-9-19)27-15-3-7-24(27)29/h1-2,5-6,8-11H,3-4,7,12-18H2. The van der Waals surface area contributed by atoms with Crippen LogP contribution in [0, 0.1) is 0 Å². The lowest BCUT2D eigenvalue weighted by atomic mass is 9.84. The van der Waals surface area contributed by atoms with Crippen molar-refractivity contribution in [1.29, 1.82) is 0 Å². The van der Waals surface area contributed by atoms with Gasteiger partial charge in [0.25, 0.3) is 0 Å². The average Bonchev–Trinajstić information content (AvgIpc) is 3.09. The van der Waals surface area contributed by atoms with Gasteiger partial charge < -0.3 is 9.64 Å². The molecule has 1 unspecified atom stereocenters. The van der Waals surface area contributed by atoms with Crippen LogP contribution in [0.5, 0.6) is 5.75 Å². The topological polar surface area (TPSA) is 49.9 Å². The monoisotopic (exact) mass is 404 g/mol. The van der Waals surface area contributed by atoms with Crippen molar-refractivity contribution < 1.29 is 14.3 Å². The van der Waals surface area contributed by atoms with E-state index in [0.29, 0.717) is 12.8 Å². The molecule has 30 heavy (non-hydrogen) atoms. The van der Waals surface area contributed by atoms with Crippen LogP contribution in [0.3, 0.4) is 0 Å². The van der Waals surface area contributed by atoms with Crippen molar-refractivity contribution in [3.05, 3.63) is 59.7 Å². The number of ketones is 1. The zero-order chi connectivity index (χ0) is 20.6. The fourth-order valence-electron chi connectivity index (χ4n) is 5.06. The number of carbonyl (C=O) groups is 2. The molecule has 3 aliphatic heterocycles. The zero-order valence-electron chi connectivity index (χ0n) is 17.3. The van der Waals surface area contributed by atoms with Gasteiger partial charge in [0.1, 0.15) is 11.4 Å². The molecule has 156 valence electrons. The van der Waals surface area contributed by atoms with E-state index in [2.05, 4.69) is 29.2 Å². The lowest BCUT2D eigenvalue weighted by molar-refractivity contribution is -0.117. The normalized spacial score (nSPS) is 24.6. The van der Waals surface area contributed by atoms with Crippen LogP contribution in [0.4, 0.5) is 5.69 Å². The van der Waals surface area contributed by atoms with Gasteiger partial charge in [-0.25, -0.2) is 0 Å². The van der Waals surface area contributed by atoms with E-state index in [0.717, 1.165) is 68.9 Å². The third kappa shape index (κ3) is 3.74. The number of Topliss-reactive ketones (excluding diaryl/α,β-unsaturated/α-hetero) is 1. The molecule has 5 heteroatoms. The molecule has 0 saturated carbocycles. The highest BCUT2D eigenvalue weighted by molar-refractivity contribution is 6.00. The number of para-hydroxylation sites is 1. The summed E-state index contributed by atoms with van der Waals surface area (Å²) in [6, 6.07) is 16.0. The van der Waals surface area contributed by atoms with Crippen molar-refractivity contribution in [2.24, 2.45) is 0 Å². The maximum atomic E-state index is 12.7. The van der Waals surface area contributed by atoms with Gasteiger partial charge in [-0.3, -0.25) is 14.5 Å². The Bertz CT molecular complexity index is 955. The number of anilines is 1. The number of hydrogen-bond donors (Lipinski definition) is 0. The van der Waals surface area contributed by atoms with Gasteiger partial charge in [0.15, 0.2) is 5.78 Å². The Morgan fingerprint density at radius 3 is 2.53 bits per heavy atom. The van der Waals surface area contributed by atoms with Crippen molar-refractivity contribution in [3.63, 3.8) is 0 Å². The van der Waals surface area contributed by atoms with Gasteiger partial charge in [-0.1, -0.05) is 24.3 Å². The number of benzene rings is 2. The van der Waals surface area contributed by atoms with Crippen molar-refractivity contribution in [1.82, 2.24) is 4.90 Å². The summed E-state index contributed by atoms with van der Waals surface area (Å²) >= 11 is 0. The van der Waals surface area contributed by atoms with Crippen molar-refractivity contribution >= 4 is 17.4 Å². The van der Waals surface area contributed by atoms with Crippen LogP contribution in [0.15, 0.2) is 48.5 Å². The van der Waals surface area contributed by atoms with E-state index in [1.165, 1.54) is 5.56 Å². The molecule has 2 fully saturated rings.